The van der Waals surface area contributed by atoms with Crippen LogP contribution in [0.4, 0.5) is 0 Å². The number of carbonyl (C=O) groups excluding carboxylic acids is 1. The molecule has 5 heteroatoms. The molecular weight excluding hydrogens is 304 g/mol. The minimum atomic E-state index is -0.0394. The Hall–Kier alpha value is -1.59. The second-order valence-electron chi connectivity index (χ2n) is 6.88. The standard InChI is InChI=1S/C19H28N2O3/c1-23-17-6-4-16(5-7-17)19(8-11-24-12-9-19)14-21-18(22)15-3-2-10-20-13-15/h4-7,15,20H,2-3,8-14H2,1H3,(H,21,22). The summed E-state index contributed by atoms with van der Waals surface area (Å²) in [5, 5.41) is 6.54. The van der Waals surface area contributed by atoms with E-state index in [9.17, 15) is 4.79 Å². The number of piperidine rings is 1. The number of rotatable bonds is 5. The highest BCUT2D eigenvalue weighted by atomic mass is 16.5. The molecule has 2 aliphatic heterocycles. The summed E-state index contributed by atoms with van der Waals surface area (Å²) in [7, 11) is 1.68. The van der Waals surface area contributed by atoms with Crippen LogP contribution in [-0.2, 0) is 14.9 Å². The van der Waals surface area contributed by atoms with Crippen LogP contribution < -0.4 is 15.4 Å². The lowest BCUT2D eigenvalue weighted by molar-refractivity contribution is -0.126. The van der Waals surface area contributed by atoms with Gasteiger partial charge in [0.1, 0.15) is 5.75 Å². The van der Waals surface area contributed by atoms with Gasteiger partial charge in [0.05, 0.1) is 13.0 Å². The molecule has 0 aromatic heterocycles. The van der Waals surface area contributed by atoms with Crippen molar-refractivity contribution >= 4 is 5.91 Å². The number of ether oxygens (including phenoxy) is 2. The van der Waals surface area contributed by atoms with Crippen LogP contribution >= 0.6 is 0 Å². The predicted molar refractivity (Wildman–Crippen MR) is 93.3 cm³/mol. The van der Waals surface area contributed by atoms with Crippen LogP contribution in [0.15, 0.2) is 24.3 Å². The molecule has 2 heterocycles. The van der Waals surface area contributed by atoms with Crippen molar-refractivity contribution in [3.8, 4) is 5.75 Å². The summed E-state index contributed by atoms with van der Waals surface area (Å²) >= 11 is 0. The molecule has 132 valence electrons. The second-order valence-corrected chi connectivity index (χ2v) is 6.88. The molecular formula is C19H28N2O3. The predicted octanol–water partition coefficient (Wildman–Crippen LogP) is 1.86. The molecule has 1 unspecified atom stereocenters. The molecule has 0 aliphatic carbocycles. The van der Waals surface area contributed by atoms with Crippen LogP contribution in [0.3, 0.4) is 0 Å². The summed E-state index contributed by atoms with van der Waals surface area (Å²) in [6, 6.07) is 8.25. The van der Waals surface area contributed by atoms with Crippen LogP contribution in [-0.4, -0.2) is 45.9 Å². The van der Waals surface area contributed by atoms with Crippen LogP contribution in [0.2, 0.25) is 0 Å². The van der Waals surface area contributed by atoms with Gasteiger partial charge in [-0.1, -0.05) is 12.1 Å². The first-order chi connectivity index (χ1) is 11.7. The first-order valence-corrected chi connectivity index (χ1v) is 8.94. The normalized spacial score (nSPS) is 23.5. The van der Waals surface area contributed by atoms with Crippen molar-refractivity contribution in [3.63, 3.8) is 0 Å². The fourth-order valence-corrected chi connectivity index (χ4v) is 3.75. The van der Waals surface area contributed by atoms with Gasteiger partial charge in [-0.25, -0.2) is 0 Å². The van der Waals surface area contributed by atoms with Crippen LogP contribution in [0, 0.1) is 5.92 Å². The number of nitrogens with one attached hydrogen (secondary N) is 2. The molecule has 0 radical (unpaired) electrons. The number of benzene rings is 1. The summed E-state index contributed by atoms with van der Waals surface area (Å²) in [4.78, 5) is 12.5. The lowest BCUT2D eigenvalue weighted by atomic mass is 9.74. The van der Waals surface area contributed by atoms with Crippen molar-refractivity contribution in [2.45, 2.75) is 31.1 Å². The first kappa shape index (κ1) is 17.2. The Labute approximate surface area is 144 Å². The zero-order chi connectivity index (χ0) is 16.8. The van der Waals surface area contributed by atoms with E-state index in [0.29, 0.717) is 6.54 Å². The average Bonchev–Trinajstić information content (AvgIpc) is 2.67. The van der Waals surface area contributed by atoms with E-state index < -0.39 is 0 Å². The lowest BCUT2D eigenvalue weighted by Gasteiger charge is -2.38. The number of methoxy groups -OCH3 is 1. The van der Waals surface area contributed by atoms with Gasteiger partial charge in [0, 0.05) is 31.7 Å². The number of amides is 1. The molecule has 1 aromatic rings. The fourth-order valence-electron chi connectivity index (χ4n) is 3.75. The SMILES string of the molecule is COc1ccc(C2(CNC(=O)C3CCCNC3)CCOCC2)cc1. The van der Waals surface area contributed by atoms with Gasteiger partial charge in [-0.05, 0) is 49.9 Å². The van der Waals surface area contributed by atoms with Gasteiger partial charge >= 0.3 is 0 Å². The molecule has 0 saturated carbocycles. The van der Waals surface area contributed by atoms with Gasteiger partial charge in [-0.15, -0.1) is 0 Å². The minimum Gasteiger partial charge on any atom is -0.497 e. The Bertz CT molecular complexity index is 532. The Morgan fingerprint density at radius 3 is 2.71 bits per heavy atom. The molecule has 0 bridgehead atoms. The summed E-state index contributed by atoms with van der Waals surface area (Å²) in [5.41, 5.74) is 1.22. The molecule has 1 amide bonds. The van der Waals surface area contributed by atoms with Gasteiger partial charge in [-0.3, -0.25) is 4.79 Å². The fraction of sp³-hybridized carbons (Fsp3) is 0.632. The van der Waals surface area contributed by atoms with Gasteiger partial charge in [-0.2, -0.15) is 0 Å². The molecule has 1 atom stereocenters. The van der Waals surface area contributed by atoms with E-state index in [1.54, 1.807) is 7.11 Å². The van der Waals surface area contributed by atoms with E-state index in [4.69, 9.17) is 9.47 Å². The van der Waals surface area contributed by atoms with Gasteiger partial charge in [0.25, 0.3) is 0 Å². The Kier molecular flexibility index (Phi) is 5.74. The molecule has 2 saturated heterocycles. The third-order valence-corrected chi connectivity index (χ3v) is 5.42. The molecule has 0 spiro atoms. The molecule has 24 heavy (non-hydrogen) atoms. The summed E-state index contributed by atoms with van der Waals surface area (Å²) in [5.74, 6) is 1.14. The molecule has 1 aromatic carbocycles. The van der Waals surface area contributed by atoms with Crippen LogP contribution in [0.25, 0.3) is 0 Å². The van der Waals surface area contributed by atoms with Crippen molar-refractivity contribution < 1.29 is 14.3 Å². The summed E-state index contributed by atoms with van der Waals surface area (Å²) in [6.45, 7) is 3.99. The van der Waals surface area contributed by atoms with Crippen molar-refractivity contribution in [1.29, 1.82) is 0 Å². The number of hydrogen-bond donors (Lipinski definition) is 2. The summed E-state index contributed by atoms with van der Waals surface area (Å²) < 4.78 is 10.8. The quantitative estimate of drug-likeness (QED) is 0.864. The molecule has 2 aliphatic rings. The Morgan fingerprint density at radius 2 is 2.08 bits per heavy atom. The maximum absolute atomic E-state index is 12.5. The average molecular weight is 332 g/mol. The monoisotopic (exact) mass is 332 g/mol. The number of hydrogen-bond acceptors (Lipinski definition) is 4. The van der Waals surface area contributed by atoms with E-state index in [1.165, 1.54) is 5.56 Å². The van der Waals surface area contributed by atoms with Crippen molar-refractivity contribution in [3.05, 3.63) is 29.8 Å². The smallest absolute Gasteiger partial charge is 0.224 e. The zero-order valence-electron chi connectivity index (χ0n) is 14.5. The molecule has 2 fully saturated rings. The third kappa shape index (κ3) is 3.90. The van der Waals surface area contributed by atoms with Gasteiger partial charge in [0.15, 0.2) is 0 Å². The van der Waals surface area contributed by atoms with Gasteiger partial charge in [0.2, 0.25) is 5.91 Å². The first-order valence-electron chi connectivity index (χ1n) is 8.94. The van der Waals surface area contributed by atoms with E-state index in [1.807, 2.05) is 12.1 Å². The van der Waals surface area contributed by atoms with Crippen LogP contribution in [0.1, 0.15) is 31.2 Å². The largest absolute Gasteiger partial charge is 0.497 e. The molecule has 3 rings (SSSR count). The Morgan fingerprint density at radius 1 is 1.33 bits per heavy atom. The molecule has 5 nitrogen and oxygen atoms in total. The zero-order valence-corrected chi connectivity index (χ0v) is 14.5. The van der Waals surface area contributed by atoms with Crippen molar-refractivity contribution in [2.24, 2.45) is 5.92 Å². The highest BCUT2D eigenvalue weighted by Crippen LogP contribution is 2.35. The van der Waals surface area contributed by atoms with Crippen molar-refractivity contribution in [1.82, 2.24) is 10.6 Å². The second kappa shape index (κ2) is 7.99. The van der Waals surface area contributed by atoms with Crippen LogP contribution in [0.5, 0.6) is 5.75 Å². The lowest BCUT2D eigenvalue weighted by Crippen LogP contribution is -2.48. The highest BCUT2D eigenvalue weighted by molar-refractivity contribution is 5.79. The highest BCUT2D eigenvalue weighted by Gasteiger charge is 2.35. The maximum atomic E-state index is 12.5. The van der Waals surface area contributed by atoms with E-state index in [0.717, 1.165) is 57.7 Å². The topological polar surface area (TPSA) is 59.6 Å². The van der Waals surface area contributed by atoms with E-state index in [-0.39, 0.29) is 17.2 Å². The van der Waals surface area contributed by atoms with Gasteiger partial charge < -0.3 is 20.1 Å². The minimum absolute atomic E-state index is 0.0394. The van der Waals surface area contributed by atoms with E-state index >= 15 is 0 Å². The number of carbonyl (C=O) groups is 1. The van der Waals surface area contributed by atoms with Crippen molar-refractivity contribution in [2.75, 3.05) is 40.0 Å². The Balaban J connectivity index is 1.69. The summed E-state index contributed by atoms with van der Waals surface area (Å²) in [6.07, 6.45) is 3.93. The third-order valence-electron chi connectivity index (χ3n) is 5.42. The van der Waals surface area contributed by atoms with E-state index in [2.05, 4.69) is 22.8 Å². The molecule has 2 N–H and O–H groups in total. The maximum Gasteiger partial charge on any atom is 0.224 e.